The standard InChI is InChI=1S/C23H19N5O3S2/c1-30-18-7-9-19(10-8-18)31-14-20-26-27-23(28(20)17-5-3-2-4-6-17)33-15-21(29)25-22-16(13-24)11-12-32-22/h2-12H,14-15H2,1H3,(H,25,29). The Labute approximate surface area is 198 Å². The molecular formula is C23H19N5O3S2. The Kier molecular flexibility index (Phi) is 7.24. The number of carbonyl (C=O) groups excluding carboxylic acids is 1. The monoisotopic (exact) mass is 477 g/mol. The molecule has 0 aliphatic heterocycles. The highest BCUT2D eigenvalue weighted by molar-refractivity contribution is 7.99. The van der Waals surface area contributed by atoms with Gasteiger partial charge in [-0.05, 0) is 47.8 Å². The molecule has 1 amide bonds. The first-order chi connectivity index (χ1) is 16.2. The van der Waals surface area contributed by atoms with Gasteiger partial charge >= 0.3 is 0 Å². The summed E-state index contributed by atoms with van der Waals surface area (Å²) in [6.45, 7) is 0.196. The lowest BCUT2D eigenvalue weighted by Gasteiger charge is -2.11. The number of methoxy groups -OCH3 is 1. The first-order valence-electron chi connectivity index (χ1n) is 9.84. The van der Waals surface area contributed by atoms with Gasteiger partial charge in [0, 0.05) is 5.69 Å². The molecule has 0 fully saturated rings. The van der Waals surface area contributed by atoms with Gasteiger partial charge in [-0.3, -0.25) is 9.36 Å². The van der Waals surface area contributed by atoms with Crippen LogP contribution in [0, 0.1) is 11.3 Å². The quantitative estimate of drug-likeness (QED) is 0.354. The van der Waals surface area contributed by atoms with Crippen molar-refractivity contribution in [3.05, 3.63) is 77.4 Å². The Hall–Kier alpha value is -3.81. The van der Waals surface area contributed by atoms with E-state index < -0.39 is 0 Å². The van der Waals surface area contributed by atoms with Crippen LogP contribution in [0.1, 0.15) is 11.4 Å². The Morgan fingerprint density at radius 2 is 1.88 bits per heavy atom. The number of aromatic nitrogens is 3. The van der Waals surface area contributed by atoms with Crippen LogP contribution in [0.4, 0.5) is 5.00 Å². The summed E-state index contributed by atoms with van der Waals surface area (Å²) in [7, 11) is 1.61. The van der Waals surface area contributed by atoms with E-state index in [4.69, 9.17) is 14.7 Å². The van der Waals surface area contributed by atoms with Crippen molar-refractivity contribution in [3.63, 3.8) is 0 Å². The Balaban J connectivity index is 1.48. The van der Waals surface area contributed by atoms with Gasteiger partial charge in [-0.25, -0.2) is 0 Å². The summed E-state index contributed by atoms with van der Waals surface area (Å²) in [6.07, 6.45) is 0. The van der Waals surface area contributed by atoms with E-state index in [0.29, 0.717) is 27.3 Å². The number of hydrogen-bond donors (Lipinski definition) is 1. The van der Waals surface area contributed by atoms with E-state index in [2.05, 4.69) is 21.6 Å². The van der Waals surface area contributed by atoms with Gasteiger partial charge < -0.3 is 14.8 Å². The van der Waals surface area contributed by atoms with Crippen molar-refractivity contribution in [1.82, 2.24) is 14.8 Å². The predicted octanol–water partition coefficient (Wildman–Crippen LogP) is 4.52. The van der Waals surface area contributed by atoms with Gasteiger partial charge in [-0.2, -0.15) is 5.26 Å². The zero-order valence-corrected chi connectivity index (χ0v) is 19.2. The van der Waals surface area contributed by atoms with Crippen molar-refractivity contribution < 1.29 is 14.3 Å². The highest BCUT2D eigenvalue weighted by Crippen LogP contribution is 2.26. The number of ether oxygens (including phenoxy) is 2. The summed E-state index contributed by atoms with van der Waals surface area (Å²) < 4.78 is 12.9. The minimum Gasteiger partial charge on any atom is -0.497 e. The lowest BCUT2D eigenvalue weighted by atomic mass is 10.3. The molecule has 0 unspecified atom stereocenters. The van der Waals surface area contributed by atoms with E-state index in [1.807, 2.05) is 59.2 Å². The average molecular weight is 478 g/mol. The molecule has 4 aromatic rings. The van der Waals surface area contributed by atoms with Crippen LogP contribution in [0.3, 0.4) is 0 Å². The maximum Gasteiger partial charge on any atom is 0.235 e. The molecule has 2 heterocycles. The second-order valence-electron chi connectivity index (χ2n) is 6.65. The third-order valence-electron chi connectivity index (χ3n) is 4.51. The Bertz CT molecular complexity index is 1260. The molecule has 0 aliphatic rings. The fourth-order valence-corrected chi connectivity index (χ4v) is 4.45. The molecule has 8 nitrogen and oxygen atoms in total. The number of carbonyl (C=O) groups is 1. The molecule has 0 atom stereocenters. The summed E-state index contributed by atoms with van der Waals surface area (Å²) in [5.41, 5.74) is 1.31. The molecule has 33 heavy (non-hydrogen) atoms. The number of nitriles is 1. The Morgan fingerprint density at radius 3 is 2.61 bits per heavy atom. The predicted molar refractivity (Wildman–Crippen MR) is 127 cm³/mol. The third kappa shape index (κ3) is 5.52. The van der Waals surface area contributed by atoms with Gasteiger partial charge in [0.25, 0.3) is 0 Å². The van der Waals surface area contributed by atoms with Gasteiger partial charge in [0.2, 0.25) is 5.91 Å². The van der Waals surface area contributed by atoms with Gasteiger partial charge in [0.1, 0.15) is 29.2 Å². The maximum atomic E-state index is 12.4. The molecule has 0 bridgehead atoms. The molecule has 0 saturated heterocycles. The number of thioether (sulfide) groups is 1. The molecule has 0 radical (unpaired) electrons. The number of thiophene rings is 1. The molecule has 166 valence electrons. The Morgan fingerprint density at radius 1 is 1.12 bits per heavy atom. The van der Waals surface area contributed by atoms with Crippen molar-refractivity contribution in [2.75, 3.05) is 18.2 Å². The fraction of sp³-hybridized carbons (Fsp3) is 0.130. The smallest absolute Gasteiger partial charge is 0.235 e. The van der Waals surface area contributed by atoms with Crippen LogP contribution in [0.5, 0.6) is 11.5 Å². The second kappa shape index (κ2) is 10.7. The number of para-hydroxylation sites is 1. The van der Waals surface area contributed by atoms with Gasteiger partial charge in [-0.1, -0.05) is 30.0 Å². The molecular weight excluding hydrogens is 458 g/mol. The maximum absolute atomic E-state index is 12.4. The minimum atomic E-state index is -0.224. The van der Waals surface area contributed by atoms with Crippen molar-refractivity contribution in [2.24, 2.45) is 0 Å². The topological polar surface area (TPSA) is 102 Å². The lowest BCUT2D eigenvalue weighted by molar-refractivity contribution is -0.113. The first kappa shape index (κ1) is 22.4. The zero-order valence-electron chi connectivity index (χ0n) is 17.6. The van der Waals surface area contributed by atoms with Crippen LogP contribution in [-0.4, -0.2) is 33.5 Å². The summed E-state index contributed by atoms with van der Waals surface area (Å²) in [6, 6.07) is 20.7. The van der Waals surface area contributed by atoms with E-state index in [0.717, 1.165) is 11.4 Å². The van der Waals surface area contributed by atoms with Crippen LogP contribution >= 0.6 is 23.1 Å². The van der Waals surface area contributed by atoms with E-state index in [9.17, 15) is 4.79 Å². The largest absolute Gasteiger partial charge is 0.497 e. The summed E-state index contributed by atoms with van der Waals surface area (Å²) >= 11 is 2.57. The average Bonchev–Trinajstić information content (AvgIpc) is 3.48. The van der Waals surface area contributed by atoms with Gasteiger partial charge in [-0.15, -0.1) is 21.5 Å². The van der Waals surface area contributed by atoms with Crippen molar-refractivity contribution in [3.8, 4) is 23.3 Å². The number of hydrogen-bond acceptors (Lipinski definition) is 8. The molecule has 10 heteroatoms. The minimum absolute atomic E-state index is 0.118. The number of amides is 1. The lowest BCUT2D eigenvalue weighted by Crippen LogP contribution is -2.14. The highest BCUT2D eigenvalue weighted by Gasteiger charge is 2.17. The molecule has 0 aliphatic carbocycles. The number of rotatable bonds is 9. The number of nitrogens with one attached hydrogen (secondary N) is 1. The van der Waals surface area contributed by atoms with E-state index in [1.54, 1.807) is 18.6 Å². The molecule has 2 aromatic carbocycles. The first-order valence-corrected chi connectivity index (χ1v) is 11.7. The second-order valence-corrected chi connectivity index (χ2v) is 8.50. The van der Waals surface area contributed by atoms with Gasteiger partial charge in [0.05, 0.1) is 18.4 Å². The molecule has 4 rings (SSSR count). The SMILES string of the molecule is COc1ccc(OCc2nnc(SCC(=O)Nc3sccc3C#N)n2-c2ccccc2)cc1. The molecule has 1 N–H and O–H groups in total. The van der Waals surface area contributed by atoms with Crippen LogP contribution in [-0.2, 0) is 11.4 Å². The van der Waals surface area contributed by atoms with E-state index in [1.165, 1.54) is 23.1 Å². The van der Waals surface area contributed by atoms with Crippen LogP contribution in [0.2, 0.25) is 0 Å². The van der Waals surface area contributed by atoms with Crippen LogP contribution in [0.25, 0.3) is 5.69 Å². The van der Waals surface area contributed by atoms with Crippen LogP contribution in [0.15, 0.2) is 71.2 Å². The van der Waals surface area contributed by atoms with E-state index in [-0.39, 0.29) is 18.3 Å². The van der Waals surface area contributed by atoms with Crippen molar-refractivity contribution in [1.29, 1.82) is 5.26 Å². The van der Waals surface area contributed by atoms with Crippen molar-refractivity contribution >= 4 is 34.0 Å². The number of anilines is 1. The highest BCUT2D eigenvalue weighted by atomic mass is 32.2. The van der Waals surface area contributed by atoms with Gasteiger partial charge in [0.15, 0.2) is 11.0 Å². The van der Waals surface area contributed by atoms with Crippen LogP contribution < -0.4 is 14.8 Å². The van der Waals surface area contributed by atoms with E-state index >= 15 is 0 Å². The fourth-order valence-electron chi connectivity index (χ4n) is 2.93. The summed E-state index contributed by atoms with van der Waals surface area (Å²) in [4.78, 5) is 12.4. The zero-order chi connectivity index (χ0) is 23.0. The number of nitrogens with zero attached hydrogens (tertiary/aromatic N) is 4. The molecule has 0 spiro atoms. The third-order valence-corrected chi connectivity index (χ3v) is 6.27. The summed E-state index contributed by atoms with van der Waals surface area (Å²) in [5.74, 6) is 1.92. The summed E-state index contributed by atoms with van der Waals surface area (Å²) in [5, 5.41) is 23.3. The molecule has 2 aromatic heterocycles. The molecule has 0 saturated carbocycles. The normalized spacial score (nSPS) is 10.4. The number of benzene rings is 2. The van der Waals surface area contributed by atoms with Crippen molar-refractivity contribution in [2.45, 2.75) is 11.8 Å².